The fraction of sp³-hybridized carbons (Fsp3) is 0.300. The topological polar surface area (TPSA) is 70.7 Å². The quantitative estimate of drug-likeness (QED) is 0.868. The van der Waals surface area contributed by atoms with Gasteiger partial charge in [0, 0.05) is 11.1 Å². The zero-order chi connectivity index (χ0) is 12.3. The number of thiazole rings is 1. The Morgan fingerprint density at radius 1 is 1.53 bits per heavy atom. The van der Waals surface area contributed by atoms with Crippen LogP contribution in [0.2, 0.25) is 0 Å². The number of hydrogen-bond donors (Lipinski definition) is 2. The average molecular weight is 254 g/mol. The molecule has 0 radical (unpaired) electrons. The first-order chi connectivity index (χ1) is 8.20. The van der Waals surface area contributed by atoms with Crippen molar-refractivity contribution in [1.29, 1.82) is 0 Å². The van der Waals surface area contributed by atoms with Crippen LogP contribution in [0.4, 0.5) is 10.2 Å². The minimum atomic E-state index is -0.437. The van der Waals surface area contributed by atoms with E-state index in [1.807, 2.05) is 6.92 Å². The molecule has 0 aliphatic rings. The Kier molecular flexibility index (Phi) is 3.48. The van der Waals surface area contributed by atoms with E-state index in [1.165, 1.54) is 6.33 Å². The molecular formula is C10H11FN4OS. The van der Waals surface area contributed by atoms with Crippen molar-refractivity contribution in [3.63, 3.8) is 0 Å². The highest BCUT2D eigenvalue weighted by molar-refractivity contribution is 7.07. The molecule has 0 saturated heterocycles. The van der Waals surface area contributed by atoms with Crippen LogP contribution in [0.15, 0.2) is 16.5 Å². The maximum absolute atomic E-state index is 13.7. The lowest BCUT2D eigenvalue weighted by molar-refractivity contribution is 0.596. The van der Waals surface area contributed by atoms with Crippen molar-refractivity contribution in [2.45, 2.75) is 19.9 Å². The summed E-state index contributed by atoms with van der Waals surface area (Å²) >= 11 is 1.07. The van der Waals surface area contributed by atoms with Crippen LogP contribution in [0.3, 0.4) is 0 Å². The van der Waals surface area contributed by atoms with Gasteiger partial charge in [-0.15, -0.1) is 0 Å². The van der Waals surface area contributed by atoms with E-state index in [9.17, 15) is 9.18 Å². The molecule has 0 spiro atoms. The fourth-order valence-corrected chi connectivity index (χ4v) is 1.94. The number of rotatable bonds is 4. The first kappa shape index (κ1) is 11.7. The van der Waals surface area contributed by atoms with Crippen LogP contribution in [0.5, 0.6) is 0 Å². The van der Waals surface area contributed by atoms with Crippen molar-refractivity contribution >= 4 is 17.2 Å². The van der Waals surface area contributed by atoms with Crippen LogP contribution in [0, 0.1) is 5.82 Å². The van der Waals surface area contributed by atoms with Gasteiger partial charge in [0.15, 0.2) is 11.6 Å². The van der Waals surface area contributed by atoms with Crippen molar-refractivity contribution in [1.82, 2.24) is 15.0 Å². The van der Waals surface area contributed by atoms with Crippen molar-refractivity contribution < 1.29 is 4.39 Å². The molecule has 90 valence electrons. The second kappa shape index (κ2) is 5.05. The number of nitrogens with zero attached hydrogens (tertiary/aromatic N) is 2. The second-order valence-corrected chi connectivity index (χ2v) is 4.21. The average Bonchev–Trinajstić information content (AvgIpc) is 2.74. The van der Waals surface area contributed by atoms with Crippen molar-refractivity contribution in [3.05, 3.63) is 38.6 Å². The third-order valence-electron chi connectivity index (χ3n) is 2.21. The minimum absolute atomic E-state index is 0.126. The van der Waals surface area contributed by atoms with Gasteiger partial charge < -0.3 is 10.3 Å². The molecule has 0 atom stereocenters. The Morgan fingerprint density at radius 3 is 3.00 bits per heavy atom. The van der Waals surface area contributed by atoms with Crippen molar-refractivity contribution in [2.75, 3.05) is 5.32 Å². The summed E-state index contributed by atoms with van der Waals surface area (Å²) in [6.07, 6.45) is 1.83. The lowest BCUT2D eigenvalue weighted by Gasteiger charge is -2.06. The third-order valence-corrected chi connectivity index (χ3v) is 2.93. The van der Waals surface area contributed by atoms with Gasteiger partial charge in [-0.1, -0.05) is 18.3 Å². The largest absolute Gasteiger partial charge is 0.362 e. The Balaban J connectivity index is 2.11. The number of aromatic amines is 1. The zero-order valence-electron chi connectivity index (χ0n) is 9.16. The van der Waals surface area contributed by atoms with Crippen LogP contribution >= 0.6 is 11.3 Å². The monoisotopic (exact) mass is 254 g/mol. The smallest absolute Gasteiger partial charge is 0.304 e. The summed E-state index contributed by atoms with van der Waals surface area (Å²) in [4.78, 5) is 21.1. The van der Waals surface area contributed by atoms with Gasteiger partial charge in [-0.2, -0.15) is 0 Å². The van der Waals surface area contributed by atoms with Gasteiger partial charge in [0.1, 0.15) is 6.33 Å². The normalized spacial score (nSPS) is 10.5. The van der Waals surface area contributed by atoms with Crippen molar-refractivity contribution in [3.8, 4) is 0 Å². The summed E-state index contributed by atoms with van der Waals surface area (Å²) in [6, 6.07) is 0. The standard InChI is InChI=1S/C10H11FN4OS/c1-2-7-8(11)9(14-5-13-7)12-3-6-4-17-10(16)15-6/h4-5H,2-3H2,1H3,(H,15,16)(H,12,13,14). The molecule has 2 rings (SSSR count). The third kappa shape index (κ3) is 2.68. The molecule has 2 N–H and O–H groups in total. The minimum Gasteiger partial charge on any atom is -0.362 e. The number of H-pyrrole nitrogens is 1. The van der Waals surface area contributed by atoms with E-state index in [0.717, 1.165) is 11.3 Å². The van der Waals surface area contributed by atoms with Gasteiger partial charge in [0.2, 0.25) is 0 Å². The van der Waals surface area contributed by atoms with E-state index < -0.39 is 5.82 Å². The molecule has 0 amide bonds. The summed E-state index contributed by atoms with van der Waals surface area (Å²) in [5, 5.41) is 4.52. The van der Waals surface area contributed by atoms with E-state index >= 15 is 0 Å². The Morgan fingerprint density at radius 2 is 2.35 bits per heavy atom. The molecule has 5 nitrogen and oxygen atoms in total. The highest BCUT2D eigenvalue weighted by atomic mass is 32.1. The van der Waals surface area contributed by atoms with E-state index in [1.54, 1.807) is 5.38 Å². The Bertz CT molecular complexity index is 565. The predicted octanol–water partition coefficient (Wildman–Crippen LogP) is 1.54. The lowest BCUT2D eigenvalue weighted by Crippen LogP contribution is -2.08. The summed E-state index contributed by atoms with van der Waals surface area (Å²) in [5.74, 6) is -0.281. The number of aromatic nitrogens is 3. The summed E-state index contributed by atoms with van der Waals surface area (Å²) < 4.78 is 13.7. The van der Waals surface area contributed by atoms with E-state index in [0.29, 0.717) is 24.4 Å². The van der Waals surface area contributed by atoms with E-state index in [4.69, 9.17) is 0 Å². The Hall–Kier alpha value is -1.76. The molecule has 17 heavy (non-hydrogen) atoms. The lowest BCUT2D eigenvalue weighted by atomic mass is 10.3. The van der Waals surface area contributed by atoms with Crippen LogP contribution in [-0.2, 0) is 13.0 Å². The van der Waals surface area contributed by atoms with Gasteiger partial charge >= 0.3 is 4.87 Å². The molecule has 0 saturated carbocycles. The molecule has 2 aromatic heterocycles. The zero-order valence-corrected chi connectivity index (χ0v) is 9.97. The van der Waals surface area contributed by atoms with Gasteiger partial charge in [0.05, 0.1) is 12.2 Å². The van der Waals surface area contributed by atoms with Gasteiger partial charge in [-0.05, 0) is 6.42 Å². The molecule has 0 aliphatic carbocycles. The molecule has 0 aliphatic heterocycles. The molecule has 0 unspecified atom stereocenters. The van der Waals surface area contributed by atoms with E-state index in [2.05, 4.69) is 20.3 Å². The summed E-state index contributed by atoms with van der Waals surface area (Å²) in [5.41, 5.74) is 1.08. The second-order valence-electron chi connectivity index (χ2n) is 3.36. The number of hydrogen-bond acceptors (Lipinski definition) is 5. The number of halogens is 1. The summed E-state index contributed by atoms with van der Waals surface area (Å²) in [6.45, 7) is 2.15. The number of aryl methyl sites for hydroxylation is 1. The van der Waals surface area contributed by atoms with Crippen LogP contribution in [-0.4, -0.2) is 15.0 Å². The molecule has 0 bridgehead atoms. The maximum atomic E-state index is 13.7. The van der Waals surface area contributed by atoms with Crippen LogP contribution in [0.1, 0.15) is 18.3 Å². The highest BCUT2D eigenvalue weighted by Crippen LogP contribution is 2.13. The predicted molar refractivity (Wildman–Crippen MR) is 63.6 cm³/mol. The molecule has 2 aromatic rings. The number of anilines is 1. The van der Waals surface area contributed by atoms with Gasteiger partial charge in [-0.3, -0.25) is 4.79 Å². The first-order valence-electron chi connectivity index (χ1n) is 5.10. The Labute approximate surface area is 101 Å². The molecule has 7 heteroatoms. The molecule has 0 aromatic carbocycles. The molecule has 2 heterocycles. The van der Waals surface area contributed by atoms with Gasteiger partial charge in [-0.25, -0.2) is 14.4 Å². The first-order valence-corrected chi connectivity index (χ1v) is 5.98. The SMILES string of the molecule is CCc1ncnc(NCc2csc(=O)[nH]2)c1F. The molecule has 0 fully saturated rings. The van der Waals surface area contributed by atoms with Gasteiger partial charge in [0.25, 0.3) is 0 Å². The maximum Gasteiger partial charge on any atom is 0.304 e. The number of nitrogens with one attached hydrogen (secondary N) is 2. The van der Waals surface area contributed by atoms with E-state index in [-0.39, 0.29) is 10.7 Å². The highest BCUT2D eigenvalue weighted by Gasteiger charge is 2.09. The van der Waals surface area contributed by atoms with Crippen LogP contribution in [0.25, 0.3) is 0 Å². The summed E-state index contributed by atoms with van der Waals surface area (Å²) in [7, 11) is 0. The fourth-order valence-electron chi connectivity index (χ4n) is 1.36. The molecular weight excluding hydrogens is 243 g/mol. The van der Waals surface area contributed by atoms with Crippen LogP contribution < -0.4 is 10.2 Å². The van der Waals surface area contributed by atoms with Crippen molar-refractivity contribution in [2.24, 2.45) is 0 Å².